The van der Waals surface area contributed by atoms with Crippen LogP contribution in [0.2, 0.25) is 4.82 Å². The molecule has 0 saturated carbocycles. The molecule has 0 radical (unpaired) electrons. The van der Waals surface area contributed by atoms with Crippen molar-refractivity contribution in [2.24, 2.45) is 11.7 Å². The Morgan fingerprint density at radius 3 is 2.59 bits per heavy atom. The second-order valence-electron chi connectivity index (χ2n) is 9.06. The number of rotatable bonds is 5. The van der Waals surface area contributed by atoms with Crippen molar-refractivity contribution in [1.29, 1.82) is 0 Å². The molecule has 1 amide bonds. The van der Waals surface area contributed by atoms with E-state index in [1.807, 2.05) is 42.3 Å². The number of piperazine rings is 1. The number of ketones is 2. The van der Waals surface area contributed by atoms with Crippen molar-refractivity contribution in [3.63, 3.8) is 0 Å². The summed E-state index contributed by atoms with van der Waals surface area (Å²) >= 11 is -0.423. The maximum atomic E-state index is 14.2. The van der Waals surface area contributed by atoms with E-state index < -0.39 is 43.3 Å². The molecule has 10 nitrogen and oxygen atoms in total. The number of carbonyl (C=O) groups is 3. The molecule has 6 atom stereocenters. The van der Waals surface area contributed by atoms with Crippen molar-refractivity contribution in [2.75, 3.05) is 40.5 Å². The number of carbonyl (C=O) groups excluding carboxylic acids is 3. The number of hydrogen-bond donors (Lipinski definition) is 1. The SMILES string of the molecule is CO[C@@]12[C@H](COC(N)=O)C3=C(C(=O)C([Se]c4ccccc4)C4(OCCO4)C3=O)N1C[C@H]1[C@@H]2N1C. The molecule has 1 aromatic rings. The van der Waals surface area contributed by atoms with Gasteiger partial charge in [-0.1, -0.05) is 0 Å². The molecule has 0 bridgehead atoms. The van der Waals surface area contributed by atoms with Crippen LogP contribution in [0.15, 0.2) is 41.6 Å². The predicted octanol–water partition coefficient (Wildman–Crippen LogP) is -0.980. The quantitative estimate of drug-likeness (QED) is 0.376. The summed E-state index contributed by atoms with van der Waals surface area (Å²) in [4.78, 5) is 43.2. The minimum absolute atomic E-state index is 0.0513. The Hall–Kier alpha value is -2.27. The van der Waals surface area contributed by atoms with Crippen LogP contribution in [0.4, 0.5) is 4.79 Å². The fraction of sp³-hybridized carbons (Fsp3) is 0.522. The zero-order valence-electron chi connectivity index (χ0n) is 18.8. The van der Waals surface area contributed by atoms with Crippen molar-refractivity contribution in [2.45, 2.75) is 28.4 Å². The molecule has 1 aromatic carbocycles. The van der Waals surface area contributed by atoms with E-state index in [0.717, 1.165) is 4.46 Å². The first-order valence-electron chi connectivity index (χ1n) is 11.2. The number of Topliss-reactive ketones (excluding diaryl/α,β-unsaturated/α-hetero) is 2. The van der Waals surface area contributed by atoms with Crippen LogP contribution in [0.3, 0.4) is 0 Å². The van der Waals surface area contributed by atoms with Gasteiger partial charge in [0, 0.05) is 0 Å². The van der Waals surface area contributed by atoms with Gasteiger partial charge in [-0.05, 0) is 0 Å². The Bertz CT molecular complexity index is 1110. The molecule has 3 fully saturated rings. The number of methoxy groups -OCH3 is 1. The molecule has 1 spiro atoms. The van der Waals surface area contributed by atoms with Crippen LogP contribution >= 0.6 is 0 Å². The van der Waals surface area contributed by atoms with Crippen LogP contribution in [0.1, 0.15) is 0 Å². The van der Waals surface area contributed by atoms with Crippen molar-refractivity contribution in [3.05, 3.63) is 41.6 Å². The van der Waals surface area contributed by atoms with Crippen LogP contribution in [0, 0.1) is 5.92 Å². The molecular formula is C23H25N3O7Se. The average molecular weight is 534 g/mol. The Balaban J connectivity index is 1.48. The number of nitrogens with two attached hydrogens (primary N) is 1. The van der Waals surface area contributed by atoms with E-state index in [1.165, 1.54) is 0 Å². The van der Waals surface area contributed by atoms with Crippen LogP contribution in [-0.4, -0.2) is 107 Å². The Labute approximate surface area is 202 Å². The van der Waals surface area contributed by atoms with Gasteiger partial charge in [0.2, 0.25) is 0 Å². The van der Waals surface area contributed by atoms with Crippen molar-refractivity contribution in [1.82, 2.24) is 9.80 Å². The molecule has 34 heavy (non-hydrogen) atoms. The van der Waals surface area contributed by atoms with Gasteiger partial charge in [0.25, 0.3) is 0 Å². The van der Waals surface area contributed by atoms with Gasteiger partial charge in [-0.3, -0.25) is 0 Å². The topological polar surface area (TPSA) is 120 Å². The molecule has 3 saturated heterocycles. The fourth-order valence-electron chi connectivity index (χ4n) is 6.22. The van der Waals surface area contributed by atoms with Crippen LogP contribution in [0.25, 0.3) is 0 Å². The number of likely N-dealkylation sites (N-methyl/N-ethyl adjacent to an activating group) is 1. The standard InChI is InChI=1S/C23H25N3O7Se/c1-25-14-10-26-16-15(13(11-31-21(24)29)22(26,30-2)18(14)25)19(28)23(32-8-9-33-23)20(17(16)27)34-12-6-4-3-5-7-12/h3-7,13-14,18,20H,8-11H2,1-2H3,(H2,24,29)/t13-,14+,18+,20?,22-,25?/m1/s1. The summed E-state index contributed by atoms with van der Waals surface area (Å²) in [5.41, 5.74) is 4.87. The van der Waals surface area contributed by atoms with Crippen molar-refractivity contribution < 1.29 is 33.3 Å². The number of allylic oxidation sites excluding steroid dienone is 1. The van der Waals surface area contributed by atoms with E-state index in [2.05, 4.69) is 4.90 Å². The molecule has 180 valence electrons. The number of primary amides is 1. The molecule has 2 N–H and O–H groups in total. The zero-order valence-corrected chi connectivity index (χ0v) is 20.5. The van der Waals surface area contributed by atoms with Gasteiger partial charge in [-0.2, -0.15) is 0 Å². The van der Waals surface area contributed by atoms with Crippen LogP contribution < -0.4 is 10.2 Å². The molecule has 4 aliphatic heterocycles. The second kappa shape index (κ2) is 7.61. The van der Waals surface area contributed by atoms with Crippen molar-refractivity contribution >= 4 is 37.1 Å². The van der Waals surface area contributed by atoms with E-state index in [0.29, 0.717) is 12.2 Å². The predicted molar refractivity (Wildman–Crippen MR) is 118 cm³/mol. The Morgan fingerprint density at radius 1 is 1.24 bits per heavy atom. The third-order valence-electron chi connectivity index (χ3n) is 7.64. The summed E-state index contributed by atoms with van der Waals surface area (Å²) < 4.78 is 24.2. The maximum absolute atomic E-state index is 14.2. The van der Waals surface area contributed by atoms with E-state index in [9.17, 15) is 14.4 Å². The van der Waals surface area contributed by atoms with Gasteiger partial charge in [0.05, 0.1) is 0 Å². The Kier molecular flexibility index (Phi) is 4.97. The summed E-state index contributed by atoms with van der Waals surface area (Å²) in [6.07, 6.45) is -0.950. The van der Waals surface area contributed by atoms with E-state index in [4.69, 9.17) is 24.7 Å². The summed E-state index contributed by atoms with van der Waals surface area (Å²) in [6, 6.07) is 9.75. The monoisotopic (exact) mass is 535 g/mol. The van der Waals surface area contributed by atoms with Gasteiger partial charge in [0.15, 0.2) is 0 Å². The molecular weight excluding hydrogens is 509 g/mol. The van der Waals surface area contributed by atoms with E-state index in [1.54, 1.807) is 7.11 Å². The number of ether oxygens (including phenoxy) is 4. The Morgan fingerprint density at radius 2 is 1.94 bits per heavy atom. The number of amides is 1. The first kappa shape index (κ1) is 22.2. The normalized spacial score (nSPS) is 37.1. The van der Waals surface area contributed by atoms with Gasteiger partial charge < -0.3 is 0 Å². The minimum atomic E-state index is -1.68. The first-order chi connectivity index (χ1) is 16.4. The third kappa shape index (κ3) is 2.73. The molecule has 5 aliphatic rings. The van der Waals surface area contributed by atoms with E-state index in [-0.39, 0.29) is 49.0 Å². The molecule has 1 aliphatic carbocycles. The van der Waals surface area contributed by atoms with Gasteiger partial charge in [-0.25, -0.2) is 0 Å². The molecule has 11 heteroatoms. The molecule has 0 aromatic heterocycles. The first-order valence-corrected chi connectivity index (χ1v) is 13.0. The number of nitrogens with zero attached hydrogens (tertiary/aromatic N) is 2. The number of fused-ring (bicyclic) bond motifs is 4. The number of hydrogen-bond acceptors (Lipinski definition) is 9. The summed E-state index contributed by atoms with van der Waals surface area (Å²) in [5, 5.41) is 0. The van der Waals surface area contributed by atoms with E-state index >= 15 is 0 Å². The summed E-state index contributed by atoms with van der Waals surface area (Å²) in [7, 11) is 3.54. The van der Waals surface area contributed by atoms with Crippen LogP contribution in [-0.2, 0) is 28.5 Å². The number of benzene rings is 1. The zero-order chi connectivity index (χ0) is 23.8. The summed E-state index contributed by atoms with van der Waals surface area (Å²) in [5.74, 6) is -2.95. The molecule has 2 unspecified atom stereocenters. The van der Waals surface area contributed by atoms with Gasteiger partial charge in [0.1, 0.15) is 0 Å². The van der Waals surface area contributed by atoms with Crippen LogP contribution in [0.5, 0.6) is 0 Å². The molecule has 6 rings (SSSR count). The van der Waals surface area contributed by atoms with Crippen molar-refractivity contribution in [3.8, 4) is 0 Å². The molecule has 4 heterocycles. The average Bonchev–Trinajstić information content (AvgIpc) is 3.21. The second-order valence-corrected chi connectivity index (χ2v) is 11.5. The third-order valence-corrected chi connectivity index (χ3v) is 10.4. The van der Waals surface area contributed by atoms with Gasteiger partial charge >= 0.3 is 202 Å². The fourth-order valence-corrected chi connectivity index (χ4v) is 8.74. The van der Waals surface area contributed by atoms with Gasteiger partial charge in [-0.15, -0.1) is 0 Å². The summed E-state index contributed by atoms with van der Waals surface area (Å²) in [6.45, 7) is 0.801.